The molecule has 0 bridgehead atoms. The number of nitrogens with zero attached hydrogens (tertiary/aromatic N) is 2. The van der Waals surface area contributed by atoms with Gasteiger partial charge in [-0.25, -0.2) is 4.98 Å². The summed E-state index contributed by atoms with van der Waals surface area (Å²) in [6.45, 7) is 9.77. The van der Waals surface area contributed by atoms with Gasteiger partial charge in [-0.2, -0.15) is 4.98 Å². The van der Waals surface area contributed by atoms with Crippen LogP contribution < -0.4 is 15.4 Å². The second kappa shape index (κ2) is 10.3. The molecule has 1 atom stereocenters. The van der Waals surface area contributed by atoms with E-state index in [1.165, 1.54) is 18.2 Å². The first-order valence-corrected chi connectivity index (χ1v) is 10.9. The predicted octanol–water partition coefficient (Wildman–Crippen LogP) is 6.14. The van der Waals surface area contributed by atoms with Crippen molar-refractivity contribution >= 4 is 17.5 Å². The lowest BCUT2D eigenvalue weighted by atomic mass is 10.0. The minimum atomic E-state index is -4.80. The van der Waals surface area contributed by atoms with E-state index in [2.05, 4.69) is 37.5 Å². The molecule has 1 heterocycles. The molecule has 3 rings (SSSR count). The number of nitrogens with one attached hydrogen (secondary N) is 2. The lowest BCUT2D eigenvalue weighted by Gasteiger charge is -2.21. The summed E-state index contributed by atoms with van der Waals surface area (Å²) in [5.74, 6) is 0.467. The van der Waals surface area contributed by atoms with Gasteiger partial charge in [0, 0.05) is 17.3 Å². The van der Waals surface area contributed by atoms with Gasteiger partial charge in [0.15, 0.2) is 0 Å². The van der Waals surface area contributed by atoms with Crippen molar-refractivity contribution in [1.82, 2.24) is 9.97 Å². The van der Waals surface area contributed by atoms with Gasteiger partial charge in [-0.05, 0) is 49.9 Å². The first-order chi connectivity index (χ1) is 15.9. The van der Waals surface area contributed by atoms with Gasteiger partial charge < -0.3 is 20.5 Å². The van der Waals surface area contributed by atoms with Crippen LogP contribution in [0.2, 0.25) is 0 Å². The summed E-state index contributed by atoms with van der Waals surface area (Å²) in [6, 6.07) is 11.1. The molecule has 182 valence electrons. The molecule has 1 aromatic heterocycles. The van der Waals surface area contributed by atoms with Gasteiger partial charge in [0.2, 0.25) is 5.95 Å². The SMILES string of the molecule is Cc1cc(C)c(Nc2cc(-c3cccc(OC(F)(F)F)c3)nc(N[C@H](CO)C(C)C)n2)c(C)c1. The van der Waals surface area contributed by atoms with Crippen molar-refractivity contribution in [2.24, 2.45) is 5.92 Å². The van der Waals surface area contributed by atoms with E-state index < -0.39 is 6.36 Å². The molecule has 0 spiro atoms. The third kappa shape index (κ3) is 6.60. The third-order valence-corrected chi connectivity index (χ3v) is 5.34. The summed E-state index contributed by atoms with van der Waals surface area (Å²) in [7, 11) is 0. The number of ether oxygens (including phenoxy) is 1. The Kier molecular flexibility index (Phi) is 7.66. The Morgan fingerprint density at radius 3 is 2.26 bits per heavy atom. The number of hydrogen-bond donors (Lipinski definition) is 3. The highest BCUT2D eigenvalue weighted by Gasteiger charge is 2.31. The van der Waals surface area contributed by atoms with Gasteiger partial charge in [0.25, 0.3) is 0 Å². The normalized spacial score (nSPS) is 12.5. The maximum Gasteiger partial charge on any atom is 0.573 e. The van der Waals surface area contributed by atoms with E-state index in [0.29, 0.717) is 17.1 Å². The van der Waals surface area contributed by atoms with E-state index in [1.54, 1.807) is 12.1 Å². The molecule has 0 saturated heterocycles. The number of halogens is 3. The maximum absolute atomic E-state index is 12.7. The van der Waals surface area contributed by atoms with Gasteiger partial charge in [-0.3, -0.25) is 0 Å². The predicted molar refractivity (Wildman–Crippen MR) is 127 cm³/mol. The van der Waals surface area contributed by atoms with Crippen molar-refractivity contribution < 1.29 is 23.0 Å². The molecule has 0 aliphatic carbocycles. The average Bonchev–Trinajstić information content (AvgIpc) is 2.73. The average molecular weight is 475 g/mol. The molecule has 0 unspecified atom stereocenters. The number of hydrogen-bond acceptors (Lipinski definition) is 6. The van der Waals surface area contributed by atoms with Crippen molar-refractivity contribution in [3.8, 4) is 17.0 Å². The summed E-state index contributed by atoms with van der Waals surface area (Å²) in [5.41, 5.74) is 4.91. The molecule has 0 saturated carbocycles. The van der Waals surface area contributed by atoms with E-state index in [4.69, 9.17) is 0 Å². The minimum Gasteiger partial charge on any atom is -0.406 e. The minimum absolute atomic E-state index is 0.0961. The smallest absolute Gasteiger partial charge is 0.406 e. The van der Waals surface area contributed by atoms with Gasteiger partial charge in [0.1, 0.15) is 11.6 Å². The van der Waals surface area contributed by atoms with Crippen LogP contribution in [0, 0.1) is 26.7 Å². The molecule has 0 fully saturated rings. The molecule has 3 N–H and O–H groups in total. The van der Waals surface area contributed by atoms with Crippen LogP contribution in [0.4, 0.5) is 30.6 Å². The molecular weight excluding hydrogens is 445 g/mol. The van der Waals surface area contributed by atoms with Crippen LogP contribution in [0.1, 0.15) is 30.5 Å². The second-order valence-corrected chi connectivity index (χ2v) is 8.61. The highest BCUT2D eigenvalue weighted by Crippen LogP contribution is 2.31. The second-order valence-electron chi connectivity index (χ2n) is 8.61. The first kappa shape index (κ1) is 25.3. The van der Waals surface area contributed by atoms with E-state index in [0.717, 1.165) is 22.4 Å². The Labute approximate surface area is 197 Å². The van der Waals surface area contributed by atoms with Crippen molar-refractivity contribution in [3.05, 3.63) is 59.2 Å². The molecule has 2 aromatic carbocycles. The van der Waals surface area contributed by atoms with Crippen LogP contribution >= 0.6 is 0 Å². The zero-order valence-electron chi connectivity index (χ0n) is 19.8. The Morgan fingerprint density at radius 2 is 1.68 bits per heavy atom. The van der Waals surface area contributed by atoms with Gasteiger partial charge in [0.05, 0.1) is 18.3 Å². The largest absolute Gasteiger partial charge is 0.573 e. The Morgan fingerprint density at radius 1 is 1.00 bits per heavy atom. The Hall–Kier alpha value is -3.33. The number of anilines is 3. The van der Waals surface area contributed by atoms with Gasteiger partial charge in [-0.1, -0.05) is 43.7 Å². The molecule has 0 aliphatic heterocycles. The number of aliphatic hydroxyl groups is 1. The molecule has 0 radical (unpaired) electrons. The molecule has 3 aromatic rings. The molecule has 9 heteroatoms. The number of benzene rings is 2. The fourth-order valence-electron chi connectivity index (χ4n) is 3.67. The number of aromatic nitrogens is 2. The Bertz CT molecular complexity index is 1130. The van der Waals surface area contributed by atoms with Crippen LogP contribution in [0.15, 0.2) is 42.5 Å². The molecule has 0 amide bonds. The number of aryl methyl sites for hydroxylation is 3. The van der Waals surface area contributed by atoms with Gasteiger partial charge >= 0.3 is 6.36 Å². The fourth-order valence-corrected chi connectivity index (χ4v) is 3.67. The highest BCUT2D eigenvalue weighted by molar-refractivity contribution is 5.71. The zero-order valence-corrected chi connectivity index (χ0v) is 19.8. The molecule has 0 aliphatic rings. The number of rotatable bonds is 8. The van der Waals surface area contributed by atoms with Crippen LogP contribution in [-0.2, 0) is 0 Å². The molecule has 6 nitrogen and oxygen atoms in total. The van der Waals surface area contributed by atoms with Crippen molar-refractivity contribution in [2.45, 2.75) is 47.0 Å². The number of alkyl halides is 3. The standard InChI is InChI=1S/C25H29F3N4O2/c1-14(2)21(13-33)30-24-29-20(18-7-6-8-19(11-18)34-25(26,27)28)12-22(32-24)31-23-16(4)9-15(3)10-17(23)5/h6-12,14,21,33H,13H2,1-5H3,(H2,29,30,31,32)/t21-/m1/s1. The highest BCUT2D eigenvalue weighted by atomic mass is 19.4. The van der Waals surface area contributed by atoms with Crippen molar-refractivity contribution in [3.63, 3.8) is 0 Å². The fraction of sp³-hybridized carbons (Fsp3) is 0.360. The van der Waals surface area contributed by atoms with E-state index in [9.17, 15) is 18.3 Å². The summed E-state index contributed by atoms with van der Waals surface area (Å²) in [6.07, 6.45) is -4.80. The van der Waals surface area contributed by atoms with E-state index >= 15 is 0 Å². The van der Waals surface area contributed by atoms with E-state index in [1.807, 2.05) is 34.6 Å². The van der Waals surface area contributed by atoms with Crippen LogP contribution in [0.3, 0.4) is 0 Å². The first-order valence-electron chi connectivity index (χ1n) is 10.9. The lowest BCUT2D eigenvalue weighted by Crippen LogP contribution is -2.30. The lowest BCUT2D eigenvalue weighted by molar-refractivity contribution is -0.274. The molecular formula is C25H29F3N4O2. The van der Waals surface area contributed by atoms with Crippen LogP contribution in [-0.4, -0.2) is 34.1 Å². The zero-order chi connectivity index (χ0) is 25.0. The summed E-state index contributed by atoms with van der Waals surface area (Å²) in [4.78, 5) is 9.06. The van der Waals surface area contributed by atoms with Gasteiger partial charge in [-0.15, -0.1) is 13.2 Å². The summed E-state index contributed by atoms with van der Waals surface area (Å²) in [5, 5.41) is 16.2. The molecule has 34 heavy (non-hydrogen) atoms. The maximum atomic E-state index is 12.7. The Balaban J connectivity index is 2.06. The number of aliphatic hydroxyl groups excluding tert-OH is 1. The quantitative estimate of drug-likeness (QED) is 0.364. The van der Waals surface area contributed by atoms with Crippen molar-refractivity contribution in [2.75, 3.05) is 17.2 Å². The summed E-state index contributed by atoms with van der Waals surface area (Å²) >= 11 is 0. The third-order valence-electron chi connectivity index (χ3n) is 5.34. The topological polar surface area (TPSA) is 79.3 Å². The van der Waals surface area contributed by atoms with E-state index in [-0.39, 0.29) is 30.3 Å². The van der Waals surface area contributed by atoms with Crippen LogP contribution in [0.5, 0.6) is 5.75 Å². The summed E-state index contributed by atoms with van der Waals surface area (Å²) < 4.78 is 42.2. The monoisotopic (exact) mass is 474 g/mol. The van der Waals surface area contributed by atoms with Crippen molar-refractivity contribution in [1.29, 1.82) is 0 Å². The van der Waals surface area contributed by atoms with Crippen LogP contribution in [0.25, 0.3) is 11.3 Å².